The molecule has 0 aromatic heterocycles. The molecule has 0 fully saturated rings. The van der Waals surface area contributed by atoms with Gasteiger partial charge in [0.2, 0.25) is 0 Å². The summed E-state index contributed by atoms with van der Waals surface area (Å²) in [6, 6.07) is 29.7. The zero-order chi connectivity index (χ0) is 25.9. The Morgan fingerprint density at radius 3 is 2.00 bits per heavy atom. The molecule has 0 saturated carbocycles. The van der Waals surface area contributed by atoms with Gasteiger partial charge in [-0.1, -0.05) is 106 Å². The number of unbranched alkanes of at least 4 members (excludes halogenated alkanes) is 1. The summed E-state index contributed by atoms with van der Waals surface area (Å²) >= 11 is 0. The lowest BCUT2D eigenvalue weighted by Gasteiger charge is -2.38. The van der Waals surface area contributed by atoms with Crippen LogP contribution in [0.5, 0.6) is 0 Å². The minimum absolute atomic E-state index is 0.193. The van der Waals surface area contributed by atoms with Crippen LogP contribution in [0.25, 0.3) is 6.08 Å². The molecule has 0 amide bonds. The number of carbonyl (C=O) groups excluding carboxylic acids is 1. The van der Waals surface area contributed by atoms with Gasteiger partial charge in [0.15, 0.2) is 9.76 Å². The Morgan fingerprint density at radius 2 is 1.42 bits per heavy atom. The first kappa shape index (κ1) is 27.6. The van der Waals surface area contributed by atoms with E-state index in [-0.39, 0.29) is 11.0 Å². The lowest BCUT2D eigenvalue weighted by Crippen LogP contribution is -2.35. The second kappa shape index (κ2) is 13.4. The van der Waals surface area contributed by atoms with Crippen LogP contribution in [0.3, 0.4) is 0 Å². The van der Waals surface area contributed by atoms with E-state index in [1.54, 1.807) is 0 Å². The first-order chi connectivity index (χ1) is 17.3. The highest BCUT2D eigenvalue weighted by molar-refractivity contribution is 6.32. The molecule has 0 heterocycles. The van der Waals surface area contributed by atoms with Crippen LogP contribution in [0.1, 0.15) is 69.2 Å². The van der Waals surface area contributed by atoms with Crippen molar-refractivity contribution >= 4 is 21.8 Å². The zero-order valence-electron chi connectivity index (χ0n) is 22.2. The SMILES string of the molecule is CCOC(=O)C=Cc1ccccc1CCCCC(O[SiH2]C(C)(C)C)(c1ccccc1)c1ccccc1. The average Bonchev–Trinajstić information content (AvgIpc) is 2.88. The standard InChI is InChI=1S/C32H40O3Si/c1-5-34-30(33)24-23-27-17-13-12-16-26(27)18-14-15-25-32(35-36-31(2,3)4,28-19-8-6-9-20-28)29-21-10-7-11-22-29/h6-13,16-17,19-24H,5,14-15,18,25,36H2,1-4H3. The maximum absolute atomic E-state index is 11.8. The Hall–Kier alpha value is -2.95. The first-order valence-electron chi connectivity index (χ1n) is 13.0. The van der Waals surface area contributed by atoms with E-state index in [4.69, 9.17) is 9.16 Å². The number of aryl methyl sites for hydroxylation is 1. The minimum Gasteiger partial charge on any atom is -0.463 e. The Bertz CT molecular complexity index is 1060. The van der Waals surface area contributed by atoms with E-state index in [0.29, 0.717) is 6.61 Å². The molecule has 4 heteroatoms. The maximum atomic E-state index is 11.8. The van der Waals surface area contributed by atoms with E-state index in [2.05, 4.69) is 99.6 Å². The third-order valence-corrected chi connectivity index (χ3v) is 7.70. The predicted octanol–water partition coefficient (Wildman–Crippen LogP) is 7.24. The molecule has 0 spiro atoms. The van der Waals surface area contributed by atoms with Crippen LogP contribution >= 0.6 is 0 Å². The zero-order valence-corrected chi connectivity index (χ0v) is 23.6. The number of benzene rings is 3. The molecular formula is C32H40O3Si. The van der Waals surface area contributed by atoms with Crippen molar-refractivity contribution in [3.63, 3.8) is 0 Å². The van der Waals surface area contributed by atoms with Gasteiger partial charge in [0.05, 0.1) is 6.61 Å². The van der Waals surface area contributed by atoms with Crippen molar-refractivity contribution in [1.82, 2.24) is 0 Å². The van der Waals surface area contributed by atoms with E-state index in [9.17, 15) is 4.79 Å². The van der Waals surface area contributed by atoms with Crippen LogP contribution in [-0.2, 0) is 26.0 Å². The summed E-state index contributed by atoms with van der Waals surface area (Å²) < 4.78 is 12.0. The van der Waals surface area contributed by atoms with Crippen LogP contribution < -0.4 is 0 Å². The summed E-state index contributed by atoms with van der Waals surface area (Å²) in [5, 5.41) is 0.193. The topological polar surface area (TPSA) is 35.5 Å². The Balaban J connectivity index is 1.80. The monoisotopic (exact) mass is 500 g/mol. The molecule has 0 saturated heterocycles. The van der Waals surface area contributed by atoms with Crippen LogP contribution in [0, 0.1) is 0 Å². The lowest BCUT2D eigenvalue weighted by atomic mass is 9.82. The van der Waals surface area contributed by atoms with Crippen molar-refractivity contribution < 1.29 is 14.0 Å². The van der Waals surface area contributed by atoms with Gasteiger partial charge in [-0.05, 0) is 66.0 Å². The highest BCUT2D eigenvalue weighted by Crippen LogP contribution is 2.40. The van der Waals surface area contributed by atoms with Gasteiger partial charge in [-0.3, -0.25) is 0 Å². The first-order valence-corrected chi connectivity index (χ1v) is 14.3. The van der Waals surface area contributed by atoms with Crippen LogP contribution in [-0.4, -0.2) is 22.3 Å². The van der Waals surface area contributed by atoms with Gasteiger partial charge in [-0.25, -0.2) is 4.79 Å². The van der Waals surface area contributed by atoms with Crippen molar-refractivity contribution in [2.45, 2.75) is 64.0 Å². The van der Waals surface area contributed by atoms with Gasteiger partial charge in [-0.2, -0.15) is 0 Å². The molecule has 0 N–H and O–H groups in total. The van der Waals surface area contributed by atoms with Crippen molar-refractivity contribution in [3.05, 3.63) is 113 Å². The Morgan fingerprint density at radius 1 is 0.833 bits per heavy atom. The fourth-order valence-corrected chi connectivity index (χ4v) is 5.57. The molecule has 3 aromatic rings. The van der Waals surface area contributed by atoms with Gasteiger partial charge in [-0.15, -0.1) is 0 Å². The second-order valence-electron chi connectivity index (χ2n) is 10.4. The van der Waals surface area contributed by atoms with Gasteiger partial charge >= 0.3 is 5.97 Å². The summed E-state index contributed by atoms with van der Waals surface area (Å²) in [5.41, 5.74) is 4.33. The summed E-state index contributed by atoms with van der Waals surface area (Å²) in [4.78, 5) is 11.8. The fraction of sp³-hybridized carbons (Fsp3) is 0.344. The van der Waals surface area contributed by atoms with E-state index in [1.807, 2.05) is 19.1 Å². The van der Waals surface area contributed by atoms with E-state index in [0.717, 1.165) is 31.2 Å². The third-order valence-electron chi connectivity index (χ3n) is 6.20. The number of rotatable bonds is 12. The summed E-state index contributed by atoms with van der Waals surface area (Å²) in [5.74, 6) is -0.303. The Kier molecular flexibility index (Phi) is 10.3. The van der Waals surface area contributed by atoms with Gasteiger partial charge < -0.3 is 9.16 Å². The number of carbonyl (C=O) groups is 1. The number of hydrogen-bond acceptors (Lipinski definition) is 3. The highest BCUT2D eigenvalue weighted by atomic mass is 28.2. The molecule has 190 valence electrons. The third kappa shape index (κ3) is 8.04. The normalized spacial score (nSPS) is 12.4. The molecule has 0 bridgehead atoms. The summed E-state index contributed by atoms with van der Waals surface area (Å²) in [6.07, 6.45) is 7.31. The molecule has 3 aromatic carbocycles. The molecule has 36 heavy (non-hydrogen) atoms. The van der Waals surface area contributed by atoms with Crippen molar-refractivity contribution in [3.8, 4) is 0 Å². The molecule has 0 radical (unpaired) electrons. The molecule has 3 rings (SSSR count). The molecule has 0 aliphatic heterocycles. The molecule has 0 unspecified atom stereocenters. The average molecular weight is 501 g/mol. The van der Waals surface area contributed by atoms with Gasteiger partial charge in [0.25, 0.3) is 0 Å². The minimum atomic E-state index is -0.806. The smallest absolute Gasteiger partial charge is 0.330 e. The number of esters is 1. The van der Waals surface area contributed by atoms with Gasteiger partial charge in [0.1, 0.15) is 5.60 Å². The van der Waals surface area contributed by atoms with Gasteiger partial charge in [0, 0.05) is 6.08 Å². The highest BCUT2D eigenvalue weighted by Gasteiger charge is 2.35. The Labute approximate surface area is 219 Å². The predicted molar refractivity (Wildman–Crippen MR) is 153 cm³/mol. The quantitative estimate of drug-likeness (QED) is 0.114. The molecule has 3 nitrogen and oxygen atoms in total. The van der Waals surface area contributed by atoms with E-state index >= 15 is 0 Å². The van der Waals surface area contributed by atoms with Crippen molar-refractivity contribution in [2.75, 3.05) is 6.61 Å². The number of ether oxygens (including phenoxy) is 1. The fourth-order valence-electron chi connectivity index (χ4n) is 4.41. The van der Waals surface area contributed by atoms with Crippen molar-refractivity contribution in [1.29, 1.82) is 0 Å². The molecule has 0 aliphatic carbocycles. The summed E-state index contributed by atoms with van der Waals surface area (Å²) in [7, 11) is -0.806. The molecule has 0 atom stereocenters. The van der Waals surface area contributed by atoms with Crippen LogP contribution in [0.15, 0.2) is 91.0 Å². The van der Waals surface area contributed by atoms with E-state index in [1.165, 1.54) is 22.8 Å². The molecule has 0 aliphatic rings. The van der Waals surface area contributed by atoms with E-state index < -0.39 is 15.4 Å². The maximum Gasteiger partial charge on any atom is 0.330 e. The summed E-state index contributed by atoms with van der Waals surface area (Å²) in [6.45, 7) is 9.04. The largest absolute Gasteiger partial charge is 0.463 e. The van der Waals surface area contributed by atoms with Crippen LogP contribution in [0.4, 0.5) is 0 Å². The number of hydrogen-bond donors (Lipinski definition) is 0. The van der Waals surface area contributed by atoms with Crippen LogP contribution in [0.2, 0.25) is 5.04 Å². The second-order valence-corrected chi connectivity index (χ2v) is 13.1. The molecular weight excluding hydrogens is 460 g/mol. The van der Waals surface area contributed by atoms with Crippen molar-refractivity contribution in [2.24, 2.45) is 0 Å². The lowest BCUT2D eigenvalue weighted by molar-refractivity contribution is -0.137.